The summed E-state index contributed by atoms with van der Waals surface area (Å²) in [6, 6.07) is 16.9. The summed E-state index contributed by atoms with van der Waals surface area (Å²) >= 11 is 0. The number of halogens is 3. The van der Waals surface area contributed by atoms with Crippen LogP contribution in [0.5, 0.6) is 0 Å². The largest absolute Gasteiger partial charge is 0.416 e. The summed E-state index contributed by atoms with van der Waals surface area (Å²) in [5.41, 5.74) is -0.0358. The van der Waals surface area contributed by atoms with E-state index in [-0.39, 0.29) is 18.1 Å². The Hall–Kier alpha value is -3.35. The highest BCUT2D eigenvalue weighted by molar-refractivity contribution is 5.89. The zero-order valence-corrected chi connectivity index (χ0v) is 15.0. The normalized spacial score (nSPS) is 11.3. The van der Waals surface area contributed by atoms with Crippen molar-refractivity contribution in [3.63, 3.8) is 0 Å². The van der Waals surface area contributed by atoms with Gasteiger partial charge in [0.2, 0.25) is 5.91 Å². The Balaban J connectivity index is 2.17. The first-order valence-corrected chi connectivity index (χ1v) is 8.48. The standard InChI is InChI=1S/C21H17F3N2O2/c1-14(27)25-18-9-5-8-16(10-18)19-11-17(21(22,23)24)12-20(28)26(19)13-15-6-3-2-4-7-15/h2-12H,13H2,1H3,(H,25,27). The monoisotopic (exact) mass is 386 g/mol. The number of anilines is 1. The number of hydrogen-bond acceptors (Lipinski definition) is 2. The summed E-state index contributed by atoms with van der Waals surface area (Å²) in [4.78, 5) is 23.8. The molecule has 0 aliphatic rings. The molecule has 7 heteroatoms. The van der Waals surface area contributed by atoms with E-state index >= 15 is 0 Å². The van der Waals surface area contributed by atoms with Crippen LogP contribution in [0.25, 0.3) is 11.3 Å². The van der Waals surface area contributed by atoms with Gasteiger partial charge in [-0.05, 0) is 23.8 Å². The van der Waals surface area contributed by atoms with Crippen molar-refractivity contribution in [3.8, 4) is 11.3 Å². The zero-order chi connectivity index (χ0) is 20.3. The van der Waals surface area contributed by atoms with E-state index in [2.05, 4.69) is 5.32 Å². The topological polar surface area (TPSA) is 51.1 Å². The average Bonchev–Trinajstić information content (AvgIpc) is 2.63. The number of carbonyl (C=O) groups excluding carboxylic acids is 1. The second kappa shape index (κ2) is 7.72. The molecule has 0 atom stereocenters. The van der Waals surface area contributed by atoms with E-state index in [1.807, 2.05) is 6.07 Å². The number of amides is 1. The number of alkyl halides is 3. The number of pyridine rings is 1. The molecule has 1 heterocycles. The van der Waals surface area contributed by atoms with Crippen molar-refractivity contribution in [2.45, 2.75) is 19.6 Å². The maximum absolute atomic E-state index is 13.3. The van der Waals surface area contributed by atoms with Crippen molar-refractivity contribution in [2.24, 2.45) is 0 Å². The van der Waals surface area contributed by atoms with Crippen LogP contribution in [0, 0.1) is 0 Å². The highest BCUT2D eigenvalue weighted by Crippen LogP contribution is 2.32. The molecule has 3 aromatic rings. The lowest BCUT2D eigenvalue weighted by molar-refractivity contribution is -0.137. The Morgan fingerprint density at radius 2 is 1.71 bits per heavy atom. The van der Waals surface area contributed by atoms with Crippen LogP contribution in [0.1, 0.15) is 18.1 Å². The molecule has 3 rings (SSSR count). The van der Waals surface area contributed by atoms with Gasteiger partial charge in [-0.15, -0.1) is 0 Å². The average molecular weight is 386 g/mol. The number of nitrogens with zero attached hydrogens (tertiary/aromatic N) is 1. The van der Waals surface area contributed by atoms with Crippen LogP contribution >= 0.6 is 0 Å². The Labute approximate surface area is 159 Å². The van der Waals surface area contributed by atoms with Crippen molar-refractivity contribution in [3.05, 3.63) is 88.2 Å². The molecule has 0 bridgehead atoms. The summed E-state index contributed by atoms with van der Waals surface area (Å²) in [6.07, 6.45) is -4.64. The molecule has 1 aromatic heterocycles. The maximum Gasteiger partial charge on any atom is 0.416 e. The Bertz CT molecular complexity index is 1060. The molecule has 0 saturated carbocycles. The molecule has 28 heavy (non-hydrogen) atoms. The minimum absolute atomic E-state index is 0.121. The van der Waals surface area contributed by atoms with Crippen LogP contribution in [0.3, 0.4) is 0 Å². The first kappa shape index (κ1) is 19.4. The lowest BCUT2D eigenvalue weighted by Gasteiger charge is -2.17. The minimum Gasteiger partial charge on any atom is -0.326 e. The second-order valence-electron chi connectivity index (χ2n) is 6.30. The van der Waals surface area contributed by atoms with Gasteiger partial charge in [0.15, 0.2) is 0 Å². The lowest BCUT2D eigenvalue weighted by Crippen LogP contribution is -2.24. The molecule has 0 unspecified atom stereocenters. The molecular formula is C21H17F3N2O2. The van der Waals surface area contributed by atoms with Crippen LogP contribution in [-0.4, -0.2) is 10.5 Å². The number of carbonyl (C=O) groups is 1. The maximum atomic E-state index is 13.3. The molecule has 1 N–H and O–H groups in total. The summed E-state index contributed by atoms with van der Waals surface area (Å²) in [6.45, 7) is 1.46. The van der Waals surface area contributed by atoms with Crippen molar-refractivity contribution in [1.29, 1.82) is 0 Å². The summed E-state index contributed by atoms with van der Waals surface area (Å²) in [5, 5.41) is 2.60. The molecule has 144 valence electrons. The molecule has 4 nitrogen and oxygen atoms in total. The van der Waals surface area contributed by atoms with Gasteiger partial charge < -0.3 is 9.88 Å². The first-order valence-electron chi connectivity index (χ1n) is 8.48. The van der Waals surface area contributed by atoms with Crippen molar-refractivity contribution < 1.29 is 18.0 Å². The highest BCUT2D eigenvalue weighted by atomic mass is 19.4. The number of aromatic nitrogens is 1. The van der Waals surface area contributed by atoms with Gasteiger partial charge in [0.1, 0.15) is 0 Å². The van der Waals surface area contributed by atoms with Crippen LogP contribution in [0.4, 0.5) is 18.9 Å². The van der Waals surface area contributed by atoms with E-state index in [4.69, 9.17) is 0 Å². The SMILES string of the molecule is CC(=O)Nc1cccc(-c2cc(C(F)(F)F)cc(=O)n2Cc2ccccc2)c1. The van der Waals surface area contributed by atoms with Gasteiger partial charge in [-0.1, -0.05) is 42.5 Å². The fourth-order valence-electron chi connectivity index (χ4n) is 2.89. The van der Waals surface area contributed by atoms with E-state index in [0.29, 0.717) is 17.3 Å². The molecular weight excluding hydrogens is 369 g/mol. The van der Waals surface area contributed by atoms with Gasteiger partial charge in [-0.2, -0.15) is 13.2 Å². The number of benzene rings is 2. The zero-order valence-electron chi connectivity index (χ0n) is 15.0. The van der Waals surface area contributed by atoms with Gasteiger partial charge in [0.05, 0.1) is 17.8 Å². The van der Waals surface area contributed by atoms with Crippen LogP contribution in [0.2, 0.25) is 0 Å². The molecule has 0 spiro atoms. The smallest absolute Gasteiger partial charge is 0.326 e. The number of nitrogens with one attached hydrogen (secondary N) is 1. The molecule has 0 radical (unpaired) electrons. The third-order valence-corrected chi connectivity index (χ3v) is 4.12. The fourth-order valence-corrected chi connectivity index (χ4v) is 2.89. The van der Waals surface area contributed by atoms with Gasteiger partial charge in [-0.3, -0.25) is 9.59 Å². The predicted octanol–water partition coefficient (Wildman–Crippen LogP) is 4.54. The van der Waals surface area contributed by atoms with Crippen molar-refractivity contribution >= 4 is 11.6 Å². The lowest BCUT2D eigenvalue weighted by atomic mass is 10.1. The third-order valence-electron chi connectivity index (χ3n) is 4.12. The van der Waals surface area contributed by atoms with E-state index in [0.717, 1.165) is 11.6 Å². The summed E-state index contributed by atoms with van der Waals surface area (Å²) < 4.78 is 41.1. The van der Waals surface area contributed by atoms with Gasteiger partial charge in [0, 0.05) is 24.2 Å². The molecule has 0 fully saturated rings. The second-order valence-corrected chi connectivity index (χ2v) is 6.30. The molecule has 0 aliphatic carbocycles. The molecule has 0 saturated heterocycles. The van der Waals surface area contributed by atoms with E-state index in [9.17, 15) is 22.8 Å². The first-order chi connectivity index (χ1) is 13.2. The number of hydrogen-bond donors (Lipinski definition) is 1. The van der Waals surface area contributed by atoms with E-state index in [1.54, 1.807) is 42.5 Å². The Kier molecular flexibility index (Phi) is 5.35. The summed E-state index contributed by atoms with van der Waals surface area (Å²) in [5.74, 6) is -0.303. The Morgan fingerprint density at radius 3 is 2.36 bits per heavy atom. The molecule has 0 aliphatic heterocycles. The minimum atomic E-state index is -4.64. The fraction of sp³-hybridized carbons (Fsp3) is 0.143. The van der Waals surface area contributed by atoms with Crippen LogP contribution < -0.4 is 10.9 Å². The highest BCUT2D eigenvalue weighted by Gasteiger charge is 2.32. The molecule has 1 amide bonds. The van der Waals surface area contributed by atoms with Gasteiger partial charge >= 0.3 is 6.18 Å². The van der Waals surface area contributed by atoms with Crippen LogP contribution in [0.15, 0.2) is 71.5 Å². The van der Waals surface area contributed by atoms with Crippen molar-refractivity contribution in [2.75, 3.05) is 5.32 Å². The van der Waals surface area contributed by atoms with E-state index in [1.165, 1.54) is 17.6 Å². The summed E-state index contributed by atoms with van der Waals surface area (Å²) in [7, 11) is 0. The third kappa shape index (κ3) is 4.49. The predicted molar refractivity (Wildman–Crippen MR) is 101 cm³/mol. The number of rotatable bonds is 4. The van der Waals surface area contributed by atoms with E-state index < -0.39 is 17.3 Å². The van der Waals surface area contributed by atoms with Crippen molar-refractivity contribution in [1.82, 2.24) is 4.57 Å². The quantitative estimate of drug-likeness (QED) is 0.716. The van der Waals surface area contributed by atoms with Crippen LogP contribution in [-0.2, 0) is 17.5 Å². The van der Waals surface area contributed by atoms with Gasteiger partial charge in [0.25, 0.3) is 5.56 Å². The molecule has 2 aromatic carbocycles. The van der Waals surface area contributed by atoms with Gasteiger partial charge in [-0.25, -0.2) is 0 Å². The Morgan fingerprint density at radius 1 is 1.00 bits per heavy atom.